The number of nitrogens with zero attached hydrogens (tertiary/aromatic N) is 2. The summed E-state index contributed by atoms with van der Waals surface area (Å²) in [5.74, 6) is 0. The molecule has 0 spiro atoms. The van der Waals surface area contributed by atoms with E-state index in [0.717, 1.165) is 38.5 Å². The molecule has 302 valence electrons. The third kappa shape index (κ3) is 5.69. The maximum Gasteiger partial charge on any atom is 0.0493 e. The molecule has 4 aliphatic carbocycles. The van der Waals surface area contributed by atoms with Gasteiger partial charge in [0, 0.05) is 45.0 Å². The van der Waals surface area contributed by atoms with Crippen molar-refractivity contribution in [2.45, 2.75) is 77.0 Å². The van der Waals surface area contributed by atoms with E-state index >= 15 is 0 Å². The standard InChI is InChI=1S/C60H52N2/c1-59(2)51-35-39(23-31-47(51)49-33-29-45(37-53(49)59)61-55-17-9-5-13-41(55)25-26-42-14-6-10-18-56(42)61)21-22-40-24-32-48-50-34-30-46(38-54(50)60(3,4)52(48)36-40)62-57-19-11-7-15-43(57)27-28-44-16-8-12-20-58(44)62/h5-10,13-18,21-24,27-38H,11-12,19-20,25-26H2,1-4H3/b22-21+. The summed E-state index contributed by atoms with van der Waals surface area (Å²) in [4.78, 5) is 5.10. The number of anilines is 4. The van der Waals surface area contributed by atoms with E-state index in [9.17, 15) is 0 Å². The minimum absolute atomic E-state index is 0.123. The molecule has 0 unspecified atom stereocenters. The highest BCUT2D eigenvalue weighted by Gasteiger charge is 2.38. The molecule has 0 fully saturated rings. The maximum absolute atomic E-state index is 2.61. The van der Waals surface area contributed by atoms with E-state index in [4.69, 9.17) is 0 Å². The second kappa shape index (κ2) is 13.9. The highest BCUT2D eigenvalue weighted by molar-refractivity contribution is 5.89. The van der Waals surface area contributed by atoms with Crippen molar-refractivity contribution in [1.29, 1.82) is 0 Å². The Hall–Kier alpha value is -6.64. The molecule has 6 aromatic carbocycles. The molecule has 2 aliphatic heterocycles. The normalized spacial score (nSPS) is 18.4. The molecule has 62 heavy (non-hydrogen) atoms. The Kier molecular flexibility index (Phi) is 8.35. The Balaban J connectivity index is 0.846. The molecule has 0 saturated heterocycles. The van der Waals surface area contributed by atoms with Gasteiger partial charge in [-0.05, 0) is 153 Å². The van der Waals surface area contributed by atoms with Gasteiger partial charge in [-0.3, -0.25) is 0 Å². The van der Waals surface area contributed by atoms with Crippen LogP contribution in [0.25, 0.3) is 34.4 Å². The SMILES string of the molecule is CC1(C)c2cc(/C=C/c3ccc4c(c3)C(C)(C)c3cc(N5c6ccccc6CCc6ccccc65)ccc3-4)ccc2-c2ccc(N3C4=C(C=CCC4)C=CC4=C3CCC=C4)cc21. The largest absolute Gasteiger partial charge is 0.317 e. The van der Waals surface area contributed by atoms with Gasteiger partial charge in [0.1, 0.15) is 0 Å². The van der Waals surface area contributed by atoms with Gasteiger partial charge in [-0.2, -0.15) is 0 Å². The number of hydrogen-bond acceptors (Lipinski definition) is 2. The summed E-state index contributed by atoms with van der Waals surface area (Å²) in [5, 5.41) is 0. The molecule has 0 aromatic heterocycles. The first-order chi connectivity index (χ1) is 30.2. The lowest BCUT2D eigenvalue weighted by atomic mass is 9.81. The molecular weight excluding hydrogens is 749 g/mol. The molecule has 6 aliphatic rings. The van der Waals surface area contributed by atoms with E-state index in [-0.39, 0.29) is 10.8 Å². The molecular formula is C60H52N2. The van der Waals surface area contributed by atoms with Crippen LogP contribution in [0.2, 0.25) is 0 Å². The number of aryl methyl sites for hydroxylation is 2. The van der Waals surface area contributed by atoms with E-state index in [0.29, 0.717) is 0 Å². The summed E-state index contributed by atoms with van der Waals surface area (Å²) >= 11 is 0. The van der Waals surface area contributed by atoms with Gasteiger partial charge < -0.3 is 9.80 Å². The van der Waals surface area contributed by atoms with Gasteiger partial charge in [-0.1, -0.05) is 161 Å². The van der Waals surface area contributed by atoms with E-state index in [1.807, 2.05) is 0 Å². The number of fused-ring (bicyclic) bond motifs is 8. The van der Waals surface area contributed by atoms with Gasteiger partial charge in [0.25, 0.3) is 0 Å². The molecule has 0 N–H and O–H groups in total. The predicted molar refractivity (Wildman–Crippen MR) is 261 cm³/mol. The summed E-state index contributed by atoms with van der Waals surface area (Å²) in [7, 11) is 0. The van der Waals surface area contributed by atoms with Gasteiger partial charge in [0.2, 0.25) is 0 Å². The fourth-order valence-corrected chi connectivity index (χ4v) is 11.5. The second-order valence-electron chi connectivity index (χ2n) is 19.1. The Morgan fingerprint density at radius 1 is 0.419 bits per heavy atom. The summed E-state index contributed by atoms with van der Waals surface area (Å²) in [5.41, 5.74) is 26.6. The summed E-state index contributed by atoms with van der Waals surface area (Å²) < 4.78 is 0. The predicted octanol–water partition coefficient (Wildman–Crippen LogP) is 15.6. The van der Waals surface area contributed by atoms with Gasteiger partial charge >= 0.3 is 0 Å². The Morgan fingerprint density at radius 2 is 0.839 bits per heavy atom. The zero-order chi connectivity index (χ0) is 41.7. The van der Waals surface area contributed by atoms with Crippen LogP contribution in [0.3, 0.4) is 0 Å². The van der Waals surface area contributed by atoms with Crippen molar-refractivity contribution >= 4 is 34.9 Å². The quantitative estimate of drug-likeness (QED) is 0.164. The molecule has 0 radical (unpaired) electrons. The fraction of sp³-hybridized carbons (Fsp3) is 0.200. The Morgan fingerprint density at radius 3 is 1.32 bits per heavy atom. The van der Waals surface area contributed by atoms with Crippen molar-refractivity contribution < 1.29 is 0 Å². The van der Waals surface area contributed by atoms with Crippen LogP contribution >= 0.6 is 0 Å². The fourth-order valence-electron chi connectivity index (χ4n) is 11.5. The van der Waals surface area contributed by atoms with Crippen LogP contribution in [0, 0.1) is 0 Å². The first-order valence-corrected chi connectivity index (χ1v) is 22.7. The first-order valence-electron chi connectivity index (χ1n) is 22.7. The van der Waals surface area contributed by atoms with Crippen molar-refractivity contribution in [3.8, 4) is 22.3 Å². The number of benzene rings is 6. The molecule has 0 saturated carbocycles. The molecule has 0 bridgehead atoms. The van der Waals surface area contributed by atoms with E-state index in [2.05, 4.69) is 207 Å². The van der Waals surface area contributed by atoms with Crippen LogP contribution < -0.4 is 9.80 Å². The number of rotatable bonds is 4. The third-order valence-electron chi connectivity index (χ3n) is 14.8. The Bertz CT molecular complexity index is 2990. The monoisotopic (exact) mass is 800 g/mol. The lowest BCUT2D eigenvalue weighted by molar-refractivity contribution is 0.659. The average molecular weight is 801 g/mol. The molecule has 0 amide bonds. The van der Waals surface area contributed by atoms with E-state index < -0.39 is 0 Å². The molecule has 0 atom stereocenters. The van der Waals surface area contributed by atoms with Crippen LogP contribution in [0.5, 0.6) is 0 Å². The van der Waals surface area contributed by atoms with Crippen molar-refractivity contribution in [3.05, 3.63) is 225 Å². The second-order valence-corrected chi connectivity index (χ2v) is 19.1. The zero-order valence-electron chi connectivity index (χ0n) is 36.3. The van der Waals surface area contributed by atoms with Gasteiger partial charge in [0.05, 0.1) is 0 Å². The van der Waals surface area contributed by atoms with E-state index in [1.54, 1.807) is 0 Å². The molecule has 2 heterocycles. The number of hydrogen-bond donors (Lipinski definition) is 0. The van der Waals surface area contributed by atoms with Crippen LogP contribution in [0.4, 0.5) is 22.7 Å². The zero-order valence-corrected chi connectivity index (χ0v) is 36.3. The molecule has 2 nitrogen and oxygen atoms in total. The average Bonchev–Trinajstić information content (AvgIpc) is 3.47. The van der Waals surface area contributed by atoms with Crippen LogP contribution in [0.15, 0.2) is 180 Å². The van der Waals surface area contributed by atoms with Crippen LogP contribution in [-0.2, 0) is 23.7 Å². The maximum atomic E-state index is 2.61. The lowest BCUT2D eigenvalue weighted by Gasteiger charge is -2.34. The van der Waals surface area contributed by atoms with Crippen molar-refractivity contribution in [2.24, 2.45) is 0 Å². The number of para-hydroxylation sites is 2. The van der Waals surface area contributed by atoms with Crippen molar-refractivity contribution in [2.75, 3.05) is 9.80 Å². The molecule has 6 aromatic rings. The van der Waals surface area contributed by atoms with Crippen LogP contribution in [0.1, 0.15) is 97.9 Å². The topological polar surface area (TPSA) is 6.48 Å². The van der Waals surface area contributed by atoms with Crippen molar-refractivity contribution in [1.82, 2.24) is 0 Å². The van der Waals surface area contributed by atoms with Gasteiger partial charge in [-0.25, -0.2) is 0 Å². The molecule has 12 rings (SSSR count). The summed E-state index contributed by atoms with van der Waals surface area (Å²) in [6.45, 7) is 9.63. The smallest absolute Gasteiger partial charge is 0.0493 e. The lowest BCUT2D eigenvalue weighted by Crippen LogP contribution is -2.25. The summed E-state index contributed by atoms with van der Waals surface area (Å²) in [6, 6.07) is 46.5. The van der Waals surface area contributed by atoms with Crippen molar-refractivity contribution in [3.63, 3.8) is 0 Å². The Labute approximate surface area is 367 Å². The minimum atomic E-state index is -0.140. The van der Waals surface area contributed by atoms with Gasteiger partial charge in [-0.15, -0.1) is 0 Å². The minimum Gasteiger partial charge on any atom is -0.317 e. The van der Waals surface area contributed by atoms with Gasteiger partial charge in [0.15, 0.2) is 0 Å². The first kappa shape index (κ1) is 37.1. The third-order valence-corrected chi connectivity index (χ3v) is 14.8. The van der Waals surface area contributed by atoms with E-state index in [1.165, 1.54) is 112 Å². The summed E-state index contributed by atoms with van der Waals surface area (Å²) in [6.07, 6.45) is 25.0. The van der Waals surface area contributed by atoms with Crippen LogP contribution in [-0.4, -0.2) is 0 Å². The highest BCUT2D eigenvalue weighted by atomic mass is 15.2. The molecule has 2 heteroatoms. The number of allylic oxidation sites excluding steroid dienone is 10. The highest BCUT2D eigenvalue weighted by Crippen LogP contribution is 2.53.